The third-order valence-electron chi connectivity index (χ3n) is 8.01. The van der Waals surface area contributed by atoms with Gasteiger partial charge in [0.05, 0.1) is 12.0 Å². The van der Waals surface area contributed by atoms with E-state index in [1.807, 2.05) is 47.2 Å². The number of nitrogens with zero attached hydrogens (tertiary/aromatic N) is 2. The Morgan fingerprint density at radius 3 is 2.14 bits per heavy atom. The van der Waals surface area contributed by atoms with Crippen LogP contribution in [0.1, 0.15) is 66.8 Å². The molecular formula is C35H39N3O4. The van der Waals surface area contributed by atoms with E-state index in [2.05, 4.69) is 52.8 Å². The highest BCUT2D eigenvalue weighted by Gasteiger charge is 2.30. The normalized spacial score (nSPS) is 12.9. The lowest BCUT2D eigenvalue weighted by atomic mass is 9.98. The first-order valence-electron chi connectivity index (χ1n) is 15.0. The summed E-state index contributed by atoms with van der Waals surface area (Å²) in [6.07, 6.45) is 11.2. The van der Waals surface area contributed by atoms with Crippen LogP contribution in [-0.2, 0) is 28.9 Å². The summed E-state index contributed by atoms with van der Waals surface area (Å²) in [7, 11) is 0. The van der Waals surface area contributed by atoms with Crippen molar-refractivity contribution in [2.24, 2.45) is 0 Å². The zero-order valence-corrected chi connectivity index (χ0v) is 24.0. The molecule has 2 N–H and O–H groups in total. The van der Waals surface area contributed by atoms with E-state index in [1.165, 1.54) is 31.2 Å². The van der Waals surface area contributed by atoms with Gasteiger partial charge in [-0.3, -0.25) is 0 Å². The zero-order chi connectivity index (χ0) is 29.1. The molecule has 0 bridgehead atoms. The number of carbonyl (C=O) groups is 2. The largest absolute Gasteiger partial charge is 0.480 e. The molecule has 5 rings (SSSR count). The number of carboxylic acids is 1. The number of rotatable bonds is 15. The molecule has 0 unspecified atom stereocenters. The minimum absolute atomic E-state index is 0.0867. The van der Waals surface area contributed by atoms with E-state index in [1.54, 1.807) is 6.33 Å². The van der Waals surface area contributed by atoms with Crippen LogP contribution in [0.5, 0.6) is 0 Å². The maximum atomic E-state index is 12.7. The molecule has 7 heteroatoms. The topological polar surface area (TPSA) is 93.5 Å². The fraction of sp³-hybridized carbons (Fsp3) is 0.343. The van der Waals surface area contributed by atoms with Crippen molar-refractivity contribution in [3.05, 3.63) is 114 Å². The number of carboxylic acid groups (broad SMARTS) is 1. The van der Waals surface area contributed by atoms with Gasteiger partial charge >= 0.3 is 12.1 Å². The molecule has 0 spiro atoms. The molecule has 0 radical (unpaired) electrons. The lowest BCUT2D eigenvalue weighted by Crippen LogP contribution is -2.43. The molecule has 1 aliphatic rings. The van der Waals surface area contributed by atoms with Crippen molar-refractivity contribution in [2.75, 3.05) is 6.61 Å². The third kappa shape index (κ3) is 7.66. The summed E-state index contributed by atoms with van der Waals surface area (Å²) in [6.45, 7) is 0.975. The van der Waals surface area contributed by atoms with E-state index < -0.39 is 18.1 Å². The Hall–Kier alpha value is -4.39. The fourth-order valence-corrected chi connectivity index (χ4v) is 5.80. The molecule has 1 amide bonds. The van der Waals surface area contributed by atoms with E-state index in [9.17, 15) is 14.7 Å². The summed E-state index contributed by atoms with van der Waals surface area (Å²) in [5, 5.41) is 12.3. The Balaban J connectivity index is 1.02. The Kier molecular flexibility index (Phi) is 10.0. The first-order chi connectivity index (χ1) is 20.6. The van der Waals surface area contributed by atoms with Crippen molar-refractivity contribution in [3.63, 3.8) is 0 Å². The highest BCUT2D eigenvalue weighted by Crippen LogP contribution is 2.44. The first kappa shape index (κ1) is 29.1. The molecule has 0 fully saturated rings. The van der Waals surface area contributed by atoms with E-state index in [0.717, 1.165) is 48.1 Å². The van der Waals surface area contributed by atoms with Crippen LogP contribution in [0.25, 0.3) is 11.1 Å². The zero-order valence-electron chi connectivity index (χ0n) is 24.0. The van der Waals surface area contributed by atoms with Crippen LogP contribution in [0.2, 0.25) is 0 Å². The minimum Gasteiger partial charge on any atom is -0.480 e. The summed E-state index contributed by atoms with van der Waals surface area (Å²) < 4.78 is 7.54. The second kappa shape index (κ2) is 14.5. The lowest BCUT2D eigenvalue weighted by Gasteiger charge is -2.17. The van der Waals surface area contributed by atoms with Gasteiger partial charge in [-0.2, -0.15) is 0 Å². The molecule has 1 atom stereocenters. The highest BCUT2D eigenvalue weighted by molar-refractivity contribution is 5.81. The smallest absolute Gasteiger partial charge is 0.407 e. The average molecular weight is 566 g/mol. The van der Waals surface area contributed by atoms with Gasteiger partial charge in [0.15, 0.2) is 0 Å². The second-order valence-electron chi connectivity index (χ2n) is 11.0. The number of aliphatic carboxylic acids is 1. The number of unbranched alkanes of at least 4 members (excludes halogenated alkanes) is 5. The minimum atomic E-state index is -1.13. The average Bonchev–Trinajstić information content (AvgIpc) is 3.59. The molecule has 0 saturated carbocycles. The second-order valence-corrected chi connectivity index (χ2v) is 11.0. The Bertz CT molecular complexity index is 1420. The quantitative estimate of drug-likeness (QED) is 0.151. The molecular weight excluding hydrogens is 526 g/mol. The summed E-state index contributed by atoms with van der Waals surface area (Å²) in [5.41, 5.74) is 6.53. The van der Waals surface area contributed by atoms with Crippen molar-refractivity contribution in [1.29, 1.82) is 0 Å². The molecule has 7 nitrogen and oxygen atoms in total. The van der Waals surface area contributed by atoms with Crippen LogP contribution in [0.3, 0.4) is 0 Å². The molecule has 1 heterocycles. The summed E-state index contributed by atoms with van der Waals surface area (Å²) in [4.78, 5) is 29.0. The summed E-state index contributed by atoms with van der Waals surface area (Å²) >= 11 is 0. The van der Waals surface area contributed by atoms with Crippen LogP contribution in [-0.4, -0.2) is 39.4 Å². The van der Waals surface area contributed by atoms with Gasteiger partial charge in [-0.25, -0.2) is 14.6 Å². The number of hydrogen-bond acceptors (Lipinski definition) is 4. The predicted octanol–water partition coefficient (Wildman–Crippen LogP) is 7.00. The monoisotopic (exact) mass is 565 g/mol. The van der Waals surface area contributed by atoms with Gasteiger partial charge in [0.2, 0.25) is 0 Å². The number of amides is 1. The number of nitrogens with one attached hydrogen (secondary N) is 1. The van der Waals surface area contributed by atoms with E-state index in [4.69, 9.17) is 4.74 Å². The number of ether oxygens (including phenoxy) is 1. The Labute approximate surface area is 247 Å². The van der Waals surface area contributed by atoms with Crippen LogP contribution < -0.4 is 5.32 Å². The first-order valence-corrected chi connectivity index (χ1v) is 15.0. The van der Waals surface area contributed by atoms with Crippen molar-refractivity contribution in [2.45, 2.75) is 69.9 Å². The van der Waals surface area contributed by atoms with Crippen molar-refractivity contribution in [3.8, 4) is 11.1 Å². The Morgan fingerprint density at radius 2 is 1.45 bits per heavy atom. The van der Waals surface area contributed by atoms with E-state index in [0.29, 0.717) is 5.69 Å². The molecule has 4 aromatic rings. The standard InChI is InChI=1S/C35H39N3O4/c39-34(40)33(37-35(41)42-24-32-30-19-11-9-17-28(30)29-18-10-12-20-31(29)32)22-27-23-38(25-36-27)21-13-4-2-1-3-6-14-26-15-7-5-8-16-26/h5,7-12,15-20,23,25,32-33H,1-4,6,13-14,21-22,24H2,(H,37,41)(H,39,40)/t33-/m0/s1. The molecule has 0 saturated heterocycles. The predicted molar refractivity (Wildman–Crippen MR) is 163 cm³/mol. The van der Waals surface area contributed by atoms with Gasteiger partial charge in [-0.05, 0) is 47.1 Å². The third-order valence-corrected chi connectivity index (χ3v) is 8.01. The number of aromatic nitrogens is 2. The van der Waals surface area contributed by atoms with E-state index >= 15 is 0 Å². The molecule has 1 aliphatic carbocycles. The van der Waals surface area contributed by atoms with Gasteiger partial charge in [-0.15, -0.1) is 0 Å². The number of aryl methyl sites for hydroxylation is 2. The molecule has 3 aromatic carbocycles. The van der Waals surface area contributed by atoms with Gasteiger partial charge < -0.3 is 19.7 Å². The molecule has 0 aliphatic heterocycles. The maximum Gasteiger partial charge on any atom is 0.407 e. The molecule has 1 aromatic heterocycles. The van der Waals surface area contributed by atoms with Crippen LogP contribution in [0.15, 0.2) is 91.4 Å². The SMILES string of the molecule is O=C(N[C@@H](Cc1cn(CCCCCCCCc2ccccc2)cn1)C(=O)O)OCC1c2ccccc2-c2ccccc21. The summed E-state index contributed by atoms with van der Waals surface area (Å²) in [6, 6.07) is 25.7. The number of carbonyl (C=O) groups excluding carboxylic acids is 1. The van der Waals surface area contributed by atoms with Crippen molar-refractivity contribution >= 4 is 12.1 Å². The van der Waals surface area contributed by atoms with Gasteiger partial charge in [-0.1, -0.05) is 105 Å². The van der Waals surface area contributed by atoms with Crippen LogP contribution >= 0.6 is 0 Å². The molecule has 218 valence electrons. The number of imidazole rings is 1. The number of hydrogen-bond donors (Lipinski definition) is 2. The maximum absolute atomic E-state index is 12.7. The number of benzene rings is 3. The summed E-state index contributed by atoms with van der Waals surface area (Å²) in [5.74, 6) is -1.21. The van der Waals surface area contributed by atoms with Crippen molar-refractivity contribution < 1.29 is 19.4 Å². The van der Waals surface area contributed by atoms with Crippen LogP contribution in [0, 0.1) is 0 Å². The fourth-order valence-electron chi connectivity index (χ4n) is 5.80. The van der Waals surface area contributed by atoms with Gasteiger partial charge in [0.25, 0.3) is 0 Å². The highest BCUT2D eigenvalue weighted by atomic mass is 16.5. The number of alkyl carbamates (subject to hydrolysis) is 1. The van der Waals surface area contributed by atoms with Gasteiger partial charge in [0, 0.05) is 25.1 Å². The number of fused-ring (bicyclic) bond motifs is 3. The Morgan fingerprint density at radius 1 is 0.833 bits per heavy atom. The van der Waals surface area contributed by atoms with Crippen LogP contribution in [0.4, 0.5) is 4.79 Å². The van der Waals surface area contributed by atoms with Crippen molar-refractivity contribution in [1.82, 2.24) is 14.9 Å². The van der Waals surface area contributed by atoms with Gasteiger partial charge in [0.1, 0.15) is 12.6 Å². The molecule has 42 heavy (non-hydrogen) atoms. The van der Waals surface area contributed by atoms with E-state index in [-0.39, 0.29) is 18.9 Å². The lowest BCUT2D eigenvalue weighted by molar-refractivity contribution is -0.139.